The van der Waals surface area contributed by atoms with E-state index in [0.29, 0.717) is 31.0 Å². The van der Waals surface area contributed by atoms with Gasteiger partial charge < -0.3 is 14.4 Å². The number of benzene rings is 1. The van der Waals surface area contributed by atoms with Crippen molar-refractivity contribution in [1.29, 1.82) is 0 Å². The fourth-order valence-electron chi connectivity index (χ4n) is 3.60. The van der Waals surface area contributed by atoms with Gasteiger partial charge in [0.1, 0.15) is 11.4 Å². The quantitative estimate of drug-likeness (QED) is 0.695. The van der Waals surface area contributed by atoms with E-state index < -0.39 is 0 Å². The normalized spacial score (nSPS) is 17.1. The minimum absolute atomic E-state index is 0.0492. The second-order valence-corrected chi connectivity index (χ2v) is 7.14. The number of amides is 1. The molecule has 1 aliphatic rings. The minimum Gasteiger partial charge on any atom is -0.497 e. The molecule has 0 saturated carbocycles. The molecule has 0 N–H and O–H groups in total. The number of aryl methyl sites for hydroxylation is 2. The second-order valence-electron chi connectivity index (χ2n) is 7.14. The van der Waals surface area contributed by atoms with Crippen LogP contribution in [0.5, 0.6) is 5.75 Å². The molecule has 7 heteroatoms. The number of carbonyl (C=O) groups is 1. The molecule has 1 aliphatic heterocycles. The summed E-state index contributed by atoms with van der Waals surface area (Å²) in [4.78, 5) is 19.4. The number of rotatable bonds is 4. The fourth-order valence-corrected chi connectivity index (χ4v) is 3.60. The predicted molar refractivity (Wildman–Crippen MR) is 105 cm³/mol. The monoisotopic (exact) mass is 380 g/mol. The number of methoxy groups -OCH3 is 1. The van der Waals surface area contributed by atoms with Crippen LogP contribution in [0.25, 0.3) is 5.65 Å². The van der Waals surface area contributed by atoms with Crippen molar-refractivity contribution in [2.45, 2.75) is 26.4 Å². The lowest BCUT2D eigenvalue weighted by Crippen LogP contribution is -2.46. The largest absolute Gasteiger partial charge is 0.497 e. The Balaban J connectivity index is 1.50. The highest BCUT2D eigenvalue weighted by molar-refractivity contribution is 5.93. The first kappa shape index (κ1) is 18.4. The molecule has 146 valence electrons. The molecule has 3 aromatic rings. The lowest BCUT2D eigenvalue weighted by atomic mass is 10.1. The van der Waals surface area contributed by atoms with Crippen molar-refractivity contribution in [3.63, 3.8) is 0 Å². The van der Waals surface area contributed by atoms with Crippen LogP contribution in [0.3, 0.4) is 0 Å². The summed E-state index contributed by atoms with van der Waals surface area (Å²) in [6.45, 7) is 5.48. The number of carbonyl (C=O) groups excluding carboxylic acids is 1. The van der Waals surface area contributed by atoms with E-state index >= 15 is 0 Å². The van der Waals surface area contributed by atoms with Crippen LogP contribution in [0, 0.1) is 13.8 Å². The minimum atomic E-state index is -0.0663. The van der Waals surface area contributed by atoms with Crippen molar-refractivity contribution < 1.29 is 14.3 Å². The molecule has 0 spiro atoms. The Bertz CT molecular complexity index is 1010. The van der Waals surface area contributed by atoms with Gasteiger partial charge in [-0.1, -0.05) is 12.1 Å². The number of hydrogen-bond acceptors (Lipinski definition) is 5. The van der Waals surface area contributed by atoms with Gasteiger partial charge in [0.05, 0.1) is 25.5 Å². The number of morpholine rings is 1. The molecule has 1 atom stereocenters. The molecular formula is C21H24N4O3. The first-order chi connectivity index (χ1) is 13.5. The zero-order valence-corrected chi connectivity index (χ0v) is 16.4. The van der Waals surface area contributed by atoms with E-state index in [-0.39, 0.29) is 12.0 Å². The molecule has 0 radical (unpaired) electrons. The van der Waals surface area contributed by atoms with Crippen molar-refractivity contribution in [3.05, 3.63) is 59.0 Å². The number of aromatic nitrogens is 3. The Morgan fingerprint density at radius 1 is 1.29 bits per heavy atom. The van der Waals surface area contributed by atoms with Crippen LogP contribution >= 0.6 is 0 Å². The smallest absolute Gasteiger partial charge is 0.272 e. The Labute approximate surface area is 163 Å². The summed E-state index contributed by atoms with van der Waals surface area (Å²) in [5, 5.41) is 4.40. The van der Waals surface area contributed by atoms with Crippen LogP contribution in [0.1, 0.15) is 27.4 Å². The topological polar surface area (TPSA) is 69.0 Å². The average Bonchev–Trinajstić information content (AvgIpc) is 3.08. The summed E-state index contributed by atoms with van der Waals surface area (Å²) in [5.74, 6) is 0.758. The highest BCUT2D eigenvalue weighted by atomic mass is 16.5. The molecule has 7 nitrogen and oxygen atoms in total. The van der Waals surface area contributed by atoms with E-state index in [4.69, 9.17) is 9.47 Å². The van der Waals surface area contributed by atoms with Gasteiger partial charge in [0.25, 0.3) is 5.91 Å². The zero-order chi connectivity index (χ0) is 19.7. The van der Waals surface area contributed by atoms with E-state index in [0.717, 1.165) is 29.1 Å². The number of nitrogens with zero attached hydrogens (tertiary/aromatic N) is 4. The van der Waals surface area contributed by atoms with Gasteiger partial charge in [0, 0.05) is 31.3 Å². The van der Waals surface area contributed by atoms with Crippen molar-refractivity contribution in [2.75, 3.05) is 26.8 Å². The van der Waals surface area contributed by atoms with Crippen LogP contribution in [-0.2, 0) is 11.2 Å². The first-order valence-electron chi connectivity index (χ1n) is 9.41. The number of fused-ring (bicyclic) bond motifs is 1. The highest BCUT2D eigenvalue weighted by Gasteiger charge is 2.26. The van der Waals surface area contributed by atoms with E-state index in [2.05, 4.69) is 10.1 Å². The van der Waals surface area contributed by atoms with E-state index in [1.54, 1.807) is 17.7 Å². The summed E-state index contributed by atoms with van der Waals surface area (Å²) < 4.78 is 12.9. The molecular weight excluding hydrogens is 356 g/mol. The second kappa shape index (κ2) is 7.59. The van der Waals surface area contributed by atoms with Crippen LogP contribution in [0.15, 0.2) is 36.4 Å². The van der Waals surface area contributed by atoms with Crippen molar-refractivity contribution in [2.24, 2.45) is 0 Å². The third-order valence-electron chi connectivity index (χ3n) is 4.97. The molecule has 1 amide bonds. The van der Waals surface area contributed by atoms with Gasteiger partial charge in [-0.2, -0.15) is 5.10 Å². The van der Waals surface area contributed by atoms with Gasteiger partial charge in [-0.15, -0.1) is 0 Å². The molecule has 0 aliphatic carbocycles. The summed E-state index contributed by atoms with van der Waals surface area (Å²) in [5.41, 5.74) is 4.05. The molecule has 3 heterocycles. The van der Waals surface area contributed by atoms with Crippen LogP contribution in [0.2, 0.25) is 0 Å². The third-order valence-corrected chi connectivity index (χ3v) is 4.97. The lowest BCUT2D eigenvalue weighted by Gasteiger charge is -2.33. The summed E-state index contributed by atoms with van der Waals surface area (Å²) in [7, 11) is 1.66. The predicted octanol–water partition coefficient (Wildman–Crippen LogP) is 2.44. The van der Waals surface area contributed by atoms with Gasteiger partial charge >= 0.3 is 0 Å². The summed E-state index contributed by atoms with van der Waals surface area (Å²) in [6.07, 6.45) is 0.681. The Hall–Kier alpha value is -2.93. The van der Waals surface area contributed by atoms with Crippen LogP contribution in [-0.4, -0.2) is 58.3 Å². The standard InChI is InChI=1S/C21H24N4O3/c1-14-9-20-22-19(10-15(2)25(20)23-14)21(26)24-7-8-28-18(13-24)12-16-5-4-6-17(11-16)27-3/h4-6,9-11,18H,7-8,12-13H2,1-3H3/t18-/m0/s1. The molecule has 1 saturated heterocycles. The zero-order valence-electron chi connectivity index (χ0n) is 16.4. The molecule has 0 unspecified atom stereocenters. The van der Waals surface area contributed by atoms with Crippen LogP contribution in [0.4, 0.5) is 0 Å². The van der Waals surface area contributed by atoms with Gasteiger partial charge in [0.15, 0.2) is 5.65 Å². The third kappa shape index (κ3) is 3.71. The molecule has 1 fully saturated rings. The van der Waals surface area contributed by atoms with E-state index in [1.165, 1.54) is 0 Å². The highest BCUT2D eigenvalue weighted by Crippen LogP contribution is 2.18. The molecule has 1 aromatic carbocycles. The maximum absolute atomic E-state index is 13.1. The van der Waals surface area contributed by atoms with Crippen LogP contribution < -0.4 is 4.74 Å². The number of hydrogen-bond donors (Lipinski definition) is 0. The molecule has 28 heavy (non-hydrogen) atoms. The summed E-state index contributed by atoms with van der Waals surface area (Å²) >= 11 is 0. The van der Waals surface area contributed by atoms with Crippen molar-refractivity contribution in [3.8, 4) is 5.75 Å². The Morgan fingerprint density at radius 3 is 2.96 bits per heavy atom. The SMILES string of the molecule is COc1cccc(C[C@H]2CN(C(=O)c3cc(C)n4nc(C)cc4n3)CCO2)c1. The maximum atomic E-state index is 13.1. The molecule has 2 aromatic heterocycles. The number of ether oxygens (including phenoxy) is 2. The average molecular weight is 380 g/mol. The van der Waals surface area contributed by atoms with E-state index in [1.807, 2.05) is 49.1 Å². The Kier molecular flexibility index (Phi) is 5.00. The lowest BCUT2D eigenvalue weighted by molar-refractivity contribution is -0.0210. The first-order valence-corrected chi connectivity index (χ1v) is 9.41. The van der Waals surface area contributed by atoms with Gasteiger partial charge in [0.2, 0.25) is 0 Å². The summed E-state index contributed by atoms with van der Waals surface area (Å²) in [6, 6.07) is 11.6. The van der Waals surface area contributed by atoms with Gasteiger partial charge in [-0.25, -0.2) is 9.50 Å². The molecule has 4 rings (SSSR count). The molecule has 0 bridgehead atoms. The fraction of sp³-hybridized carbons (Fsp3) is 0.381. The maximum Gasteiger partial charge on any atom is 0.272 e. The van der Waals surface area contributed by atoms with Gasteiger partial charge in [-0.3, -0.25) is 4.79 Å². The van der Waals surface area contributed by atoms with E-state index in [9.17, 15) is 4.79 Å². The Morgan fingerprint density at radius 2 is 2.14 bits per heavy atom. The van der Waals surface area contributed by atoms with Crippen molar-refractivity contribution in [1.82, 2.24) is 19.5 Å². The van der Waals surface area contributed by atoms with Crippen molar-refractivity contribution >= 4 is 11.6 Å². The van der Waals surface area contributed by atoms with Gasteiger partial charge in [-0.05, 0) is 37.6 Å².